The number of hydrogen-bond donors (Lipinski definition) is 1. The molecular weight excluding hydrogens is 166 g/mol. The van der Waals surface area contributed by atoms with Crippen LogP contribution in [0.2, 0.25) is 0 Å². The maximum absolute atomic E-state index is 11.2. The Hall–Kier alpha value is -1.25. The van der Waals surface area contributed by atoms with Crippen LogP contribution in [0.4, 0.5) is 0 Å². The number of esters is 1. The number of nitrogens with one attached hydrogen (secondary N) is 1. The molecule has 0 fully saturated rings. The first kappa shape index (κ1) is 9.84. The molecule has 0 saturated heterocycles. The van der Waals surface area contributed by atoms with Gasteiger partial charge in [-0.1, -0.05) is 12.2 Å². The van der Waals surface area contributed by atoms with Crippen LogP contribution in [0.5, 0.6) is 0 Å². The van der Waals surface area contributed by atoms with Crippen LogP contribution in [0, 0.1) is 0 Å². The van der Waals surface area contributed by atoms with Gasteiger partial charge in [0.15, 0.2) is 0 Å². The number of allylic oxidation sites excluding steroid dienone is 2. The summed E-state index contributed by atoms with van der Waals surface area (Å²) in [5.41, 5.74) is -0.291. The topological polar surface area (TPSA) is 38.3 Å². The molecule has 1 aliphatic heterocycles. The fraction of sp³-hybridized carbons (Fsp3) is 0.500. The molecule has 3 nitrogen and oxygen atoms in total. The van der Waals surface area contributed by atoms with Crippen molar-refractivity contribution in [1.29, 1.82) is 0 Å². The SMILES string of the molecule is CCOC(=O)CC1(C)C=CC=CN1. The summed E-state index contributed by atoms with van der Waals surface area (Å²) >= 11 is 0. The Labute approximate surface area is 78.5 Å². The van der Waals surface area contributed by atoms with Crippen LogP contribution in [-0.4, -0.2) is 18.1 Å². The Kier molecular flexibility index (Phi) is 3.12. The second-order valence-electron chi connectivity index (χ2n) is 3.26. The van der Waals surface area contributed by atoms with Crippen molar-refractivity contribution in [2.45, 2.75) is 25.8 Å². The highest BCUT2D eigenvalue weighted by molar-refractivity contribution is 5.71. The van der Waals surface area contributed by atoms with E-state index in [1.807, 2.05) is 38.3 Å². The third-order valence-electron chi connectivity index (χ3n) is 1.90. The van der Waals surface area contributed by atoms with E-state index in [0.29, 0.717) is 13.0 Å². The molecule has 1 atom stereocenters. The minimum atomic E-state index is -0.291. The Morgan fingerprint density at radius 1 is 1.54 bits per heavy atom. The van der Waals surface area contributed by atoms with E-state index in [0.717, 1.165) is 0 Å². The van der Waals surface area contributed by atoms with Gasteiger partial charge in [-0.15, -0.1) is 0 Å². The molecular formula is C10H15NO2. The van der Waals surface area contributed by atoms with Gasteiger partial charge in [0.25, 0.3) is 0 Å². The van der Waals surface area contributed by atoms with Gasteiger partial charge in [0.1, 0.15) is 0 Å². The van der Waals surface area contributed by atoms with Crippen molar-refractivity contribution in [3.63, 3.8) is 0 Å². The first-order valence-corrected chi connectivity index (χ1v) is 4.44. The summed E-state index contributed by atoms with van der Waals surface area (Å²) < 4.78 is 4.87. The fourth-order valence-electron chi connectivity index (χ4n) is 1.23. The molecule has 3 heteroatoms. The van der Waals surface area contributed by atoms with Crippen LogP contribution < -0.4 is 5.32 Å². The molecule has 0 aromatic heterocycles. The molecule has 0 aromatic carbocycles. The van der Waals surface area contributed by atoms with Crippen LogP contribution in [-0.2, 0) is 9.53 Å². The Morgan fingerprint density at radius 3 is 2.85 bits per heavy atom. The van der Waals surface area contributed by atoms with Gasteiger partial charge in [-0.2, -0.15) is 0 Å². The van der Waals surface area contributed by atoms with Crippen molar-refractivity contribution in [2.24, 2.45) is 0 Å². The summed E-state index contributed by atoms with van der Waals surface area (Å²) in [4.78, 5) is 11.2. The first-order chi connectivity index (χ1) is 6.16. The maximum Gasteiger partial charge on any atom is 0.308 e. The third kappa shape index (κ3) is 2.93. The van der Waals surface area contributed by atoms with Crippen LogP contribution in [0.15, 0.2) is 24.4 Å². The molecule has 1 N–H and O–H groups in total. The van der Waals surface area contributed by atoms with Gasteiger partial charge in [-0.25, -0.2) is 0 Å². The number of ether oxygens (including phenoxy) is 1. The van der Waals surface area contributed by atoms with E-state index in [-0.39, 0.29) is 11.5 Å². The molecule has 0 bridgehead atoms. The van der Waals surface area contributed by atoms with Gasteiger partial charge >= 0.3 is 5.97 Å². The van der Waals surface area contributed by atoms with Crippen molar-refractivity contribution in [3.05, 3.63) is 24.4 Å². The number of rotatable bonds is 3. The number of carbonyl (C=O) groups excluding carboxylic acids is 1. The molecule has 0 radical (unpaired) electrons. The first-order valence-electron chi connectivity index (χ1n) is 4.44. The molecule has 1 heterocycles. The Balaban J connectivity index is 2.47. The zero-order chi connectivity index (χ0) is 9.73. The molecule has 1 unspecified atom stereocenters. The molecule has 13 heavy (non-hydrogen) atoms. The molecule has 0 spiro atoms. The summed E-state index contributed by atoms with van der Waals surface area (Å²) in [6.45, 7) is 4.21. The molecule has 72 valence electrons. The minimum absolute atomic E-state index is 0.169. The number of dihydropyridines is 1. The Morgan fingerprint density at radius 2 is 2.31 bits per heavy atom. The van der Waals surface area contributed by atoms with Crippen molar-refractivity contribution in [3.8, 4) is 0 Å². The van der Waals surface area contributed by atoms with Crippen molar-refractivity contribution < 1.29 is 9.53 Å². The molecule has 0 saturated carbocycles. The number of hydrogen-bond acceptors (Lipinski definition) is 3. The van der Waals surface area contributed by atoms with E-state index in [9.17, 15) is 4.79 Å². The van der Waals surface area contributed by atoms with Crippen LogP contribution in [0.3, 0.4) is 0 Å². The number of carbonyl (C=O) groups is 1. The van der Waals surface area contributed by atoms with E-state index in [1.54, 1.807) is 0 Å². The smallest absolute Gasteiger partial charge is 0.308 e. The van der Waals surface area contributed by atoms with E-state index in [4.69, 9.17) is 4.74 Å². The van der Waals surface area contributed by atoms with Crippen molar-refractivity contribution in [2.75, 3.05) is 6.61 Å². The largest absolute Gasteiger partial charge is 0.466 e. The lowest BCUT2D eigenvalue weighted by atomic mass is 9.96. The van der Waals surface area contributed by atoms with Crippen LogP contribution in [0.25, 0.3) is 0 Å². The zero-order valence-corrected chi connectivity index (χ0v) is 8.04. The average molecular weight is 181 g/mol. The molecule has 0 aromatic rings. The Bertz CT molecular complexity index is 245. The lowest BCUT2D eigenvalue weighted by Gasteiger charge is -2.27. The monoisotopic (exact) mass is 181 g/mol. The molecule has 1 aliphatic rings. The van der Waals surface area contributed by atoms with E-state index < -0.39 is 0 Å². The summed E-state index contributed by atoms with van der Waals surface area (Å²) in [6.07, 6.45) is 7.98. The van der Waals surface area contributed by atoms with Crippen molar-refractivity contribution >= 4 is 5.97 Å². The van der Waals surface area contributed by atoms with Gasteiger partial charge in [-0.05, 0) is 26.1 Å². The van der Waals surface area contributed by atoms with E-state index >= 15 is 0 Å². The second kappa shape index (κ2) is 4.12. The summed E-state index contributed by atoms with van der Waals surface area (Å²) in [6, 6.07) is 0. The average Bonchev–Trinajstić information content (AvgIpc) is 2.04. The lowest BCUT2D eigenvalue weighted by molar-refractivity contribution is -0.144. The predicted molar refractivity (Wildman–Crippen MR) is 51.1 cm³/mol. The van der Waals surface area contributed by atoms with E-state index in [2.05, 4.69) is 5.32 Å². The van der Waals surface area contributed by atoms with Crippen LogP contribution in [0.1, 0.15) is 20.3 Å². The third-order valence-corrected chi connectivity index (χ3v) is 1.90. The van der Waals surface area contributed by atoms with Gasteiger partial charge in [0.05, 0.1) is 18.6 Å². The van der Waals surface area contributed by atoms with Crippen molar-refractivity contribution in [1.82, 2.24) is 5.32 Å². The predicted octanol–water partition coefficient (Wildman–Crippen LogP) is 1.37. The molecule has 0 amide bonds. The summed E-state index contributed by atoms with van der Waals surface area (Å²) in [7, 11) is 0. The van der Waals surface area contributed by atoms with Crippen LogP contribution >= 0.6 is 0 Å². The van der Waals surface area contributed by atoms with Gasteiger partial charge < -0.3 is 10.1 Å². The van der Waals surface area contributed by atoms with Gasteiger partial charge in [0, 0.05) is 0 Å². The van der Waals surface area contributed by atoms with Gasteiger partial charge in [-0.3, -0.25) is 4.79 Å². The fourth-order valence-corrected chi connectivity index (χ4v) is 1.23. The maximum atomic E-state index is 11.2. The normalized spacial score (nSPS) is 25.4. The quantitative estimate of drug-likeness (QED) is 0.668. The minimum Gasteiger partial charge on any atom is -0.466 e. The second-order valence-corrected chi connectivity index (χ2v) is 3.26. The highest BCUT2D eigenvalue weighted by Crippen LogP contribution is 2.15. The van der Waals surface area contributed by atoms with Gasteiger partial charge in [0.2, 0.25) is 0 Å². The van der Waals surface area contributed by atoms with E-state index in [1.165, 1.54) is 0 Å². The molecule has 0 aliphatic carbocycles. The highest BCUT2D eigenvalue weighted by Gasteiger charge is 2.24. The molecule has 1 rings (SSSR count). The standard InChI is InChI=1S/C10H15NO2/c1-3-13-9(12)8-10(2)6-4-5-7-11-10/h4-7,11H,3,8H2,1-2H3. The summed E-state index contributed by atoms with van der Waals surface area (Å²) in [5, 5.41) is 3.12. The zero-order valence-electron chi connectivity index (χ0n) is 8.04. The lowest BCUT2D eigenvalue weighted by Crippen LogP contribution is -2.40. The summed E-state index contributed by atoms with van der Waals surface area (Å²) in [5.74, 6) is -0.169. The highest BCUT2D eigenvalue weighted by atomic mass is 16.5.